The highest BCUT2D eigenvalue weighted by molar-refractivity contribution is 6.31. The Kier molecular flexibility index (Phi) is 6.63. The molecule has 3 rings (SSSR count). The van der Waals surface area contributed by atoms with Gasteiger partial charge in [-0.15, -0.1) is 12.4 Å². The van der Waals surface area contributed by atoms with Crippen LogP contribution in [0.3, 0.4) is 0 Å². The van der Waals surface area contributed by atoms with Gasteiger partial charge < -0.3 is 15.4 Å². The molecule has 2 aromatic carbocycles. The molecule has 1 amide bonds. The van der Waals surface area contributed by atoms with Crippen LogP contribution in [-0.2, 0) is 4.74 Å². The molecule has 0 saturated carbocycles. The molecule has 0 spiro atoms. The molecule has 0 bridgehead atoms. The van der Waals surface area contributed by atoms with E-state index in [0.717, 1.165) is 17.8 Å². The lowest BCUT2D eigenvalue weighted by Crippen LogP contribution is -2.40. The summed E-state index contributed by atoms with van der Waals surface area (Å²) in [5.41, 5.74) is 2.39. The molecule has 2 N–H and O–H groups in total. The summed E-state index contributed by atoms with van der Waals surface area (Å²) in [6.07, 6.45) is 0.0591. The second-order valence-corrected chi connectivity index (χ2v) is 6.15. The fraction of sp³-hybridized carbons (Fsp3) is 0.278. The summed E-state index contributed by atoms with van der Waals surface area (Å²) in [4.78, 5) is 12.2. The van der Waals surface area contributed by atoms with Gasteiger partial charge in [0, 0.05) is 28.9 Å². The average molecular weight is 367 g/mol. The van der Waals surface area contributed by atoms with Crippen LogP contribution in [0.2, 0.25) is 5.02 Å². The molecular formula is C18H20Cl2N2O2. The van der Waals surface area contributed by atoms with Gasteiger partial charge in [0.05, 0.1) is 12.7 Å². The van der Waals surface area contributed by atoms with Gasteiger partial charge in [0.25, 0.3) is 5.91 Å². The first-order chi connectivity index (χ1) is 11.1. The third kappa shape index (κ3) is 4.71. The normalized spacial score (nSPS) is 20.1. The predicted octanol–water partition coefficient (Wildman–Crippen LogP) is 4.06. The highest BCUT2D eigenvalue weighted by Crippen LogP contribution is 2.22. The molecule has 4 nitrogen and oxygen atoms in total. The Morgan fingerprint density at radius 2 is 2.00 bits per heavy atom. The fourth-order valence-electron chi connectivity index (χ4n) is 2.51. The first-order valence-corrected chi connectivity index (χ1v) is 8.01. The number of morpholine rings is 1. The van der Waals surface area contributed by atoms with E-state index in [9.17, 15) is 4.79 Å². The van der Waals surface area contributed by atoms with Crippen LogP contribution in [0.25, 0.3) is 0 Å². The number of nitrogens with one attached hydrogen (secondary N) is 2. The number of benzene rings is 2. The topological polar surface area (TPSA) is 50.4 Å². The third-order valence-corrected chi connectivity index (χ3v) is 4.06. The van der Waals surface area contributed by atoms with Crippen molar-refractivity contribution in [2.45, 2.75) is 19.1 Å². The van der Waals surface area contributed by atoms with Crippen LogP contribution in [0, 0.1) is 0 Å². The van der Waals surface area contributed by atoms with E-state index in [0.29, 0.717) is 23.2 Å². The van der Waals surface area contributed by atoms with Crippen LogP contribution >= 0.6 is 24.0 Å². The van der Waals surface area contributed by atoms with Crippen LogP contribution in [0.5, 0.6) is 0 Å². The lowest BCUT2D eigenvalue weighted by molar-refractivity contribution is 0.00696. The number of rotatable bonds is 3. The number of carbonyl (C=O) groups is 1. The molecule has 0 aliphatic carbocycles. The maximum atomic E-state index is 12.2. The van der Waals surface area contributed by atoms with E-state index in [-0.39, 0.29) is 24.4 Å². The smallest absolute Gasteiger partial charge is 0.255 e. The molecule has 2 atom stereocenters. The molecule has 6 heteroatoms. The Bertz CT molecular complexity index is 684. The fourth-order valence-corrected chi connectivity index (χ4v) is 2.71. The van der Waals surface area contributed by atoms with Gasteiger partial charge in [-0.3, -0.25) is 4.79 Å². The number of amides is 1. The predicted molar refractivity (Wildman–Crippen MR) is 99.3 cm³/mol. The highest BCUT2D eigenvalue weighted by Gasteiger charge is 2.19. The van der Waals surface area contributed by atoms with Gasteiger partial charge in [-0.2, -0.15) is 0 Å². The Labute approximate surface area is 153 Å². The standard InChI is InChI=1S/C18H19ClN2O2.ClH/c1-12-11-23-17(10-20-12)13-5-7-16(8-6-13)21-18(22)14-3-2-4-15(19)9-14;/h2-9,12,17,20H,10-11H2,1H3,(H,21,22);1H/t12-,17-;/m1./s1. The van der Waals surface area contributed by atoms with E-state index >= 15 is 0 Å². The first kappa shape index (κ1) is 18.7. The minimum Gasteiger partial charge on any atom is -0.371 e. The van der Waals surface area contributed by atoms with Gasteiger partial charge in [-0.25, -0.2) is 0 Å². The number of carbonyl (C=O) groups excluding carboxylic acids is 1. The van der Waals surface area contributed by atoms with Crippen LogP contribution in [-0.4, -0.2) is 25.1 Å². The van der Waals surface area contributed by atoms with Crippen molar-refractivity contribution in [1.82, 2.24) is 5.32 Å². The summed E-state index contributed by atoms with van der Waals surface area (Å²) in [7, 11) is 0. The molecule has 1 heterocycles. The number of ether oxygens (including phenoxy) is 1. The van der Waals surface area contributed by atoms with Gasteiger partial charge in [-0.05, 0) is 42.8 Å². The molecule has 1 aliphatic rings. The van der Waals surface area contributed by atoms with Crippen molar-refractivity contribution in [3.05, 3.63) is 64.7 Å². The molecule has 0 aromatic heterocycles. The van der Waals surface area contributed by atoms with E-state index in [2.05, 4.69) is 17.6 Å². The zero-order valence-electron chi connectivity index (χ0n) is 13.3. The van der Waals surface area contributed by atoms with Gasteiger partial charge >= 0.3 is 0 Å². The SMILES string of the molecule is C[C@@H]1CO[C@@H](c2ccc(NC(=O)c3cccc(Cl)c3)cc2)CN1.Cl. The number of halogens is 2. The average Bonchev–Trinajstić information content (AvgIpc) is 2.56. The lowest BCUT2D eigenvalue weighted by Gasteiger charge is -2.28. The zero-order valence-corrected chi connectivity index (χ0v) is 14.9. The van der Waals surface area contributed by atoms with Crippen molar-refractivity contribution in [2.24, 2.45) is 0 Å². The van der Waals surface area contributed by atoms with E-state index in [1.165, 1.54) is 0 Å². The largest absolute Gasteiger partial charge is 0.371 e. The molecule has 24 heavy (non-hydrogen) atoms. The molecule has 128 valence electrons. The molecule has 1 fully saturated rings. The van der Waals surface area contributed by atoms with Crippen molar-refractivity contribution in [1.29, 1.82) is 0 Å². The summed E-state index contributed by atoms with van der Waals surface area (Å²) in [6, 6.07) is 15.0. The quantitative estimate of drug-likeness (QED) is 0.860. The number of hydrogen-bond donors (Lipinski definition) is 2. The van der Waals surface area contributed by atoms with Gasteiger partial charge in [-0.1, -0.05) is 29.8 Å². The van der Waals surface area contributed by atoms with E-state index in [1.807, 2.05) is 24.3 Å². The first-order valence-electron chi connectivity index (χ1n) is 7.63. The van der Waals surface area contributed by atoms with E-state index in [1.54, 1.807) is 24.3 Å². The monoisotopic (exact) mass is 366 g/mol. The number of anilines is 1. The van der Waals surface area contributed by atoms with E-state index < -0.39 is 0 Å². The summed E-state index contributed by atoms with van der Waals surface area (Å²) in [5.74, 6) is -0.176. The van der Waals surface area contributed by atoms with Crippen LogP contribution in [0.15, 0.2) is 48.5 Å². The third-order valence-electron chi connectivity index (χ3n) is 3.83. The maximum absolute atomic E-state index is 12.2. The van der Waals surface area contributed by atoms with Crippen LogP contribution in [0.1, 0.15) is 28.9 Å². The molecule has 0 unspecified atom stereocenters. The van der Waals surface area contributed by atoms with Crippen molar-refractivity contribution >= 4 is 35.6 Å². The Morgan fingerprint density at radius 1 is 1.25 bits per heavy atom. The van der Waals surface area contributed by atoms with Crippen molar-refractivity contribution in [2.75, 3.05) is 18.5 Å². The van der Waals surface area contributed by atoms with Crippen LogP contribution in [0.4, 0.5) is 5.69 Å². The zero-order chi connectivity index (χ0) is 16.2. The van der Waals surface area contributed by atoms with Crippen molar-refractivity contribution in [3.63, 3.8) is 0 Å². The van der Waals surface area contributed by atoms with Gasteiger partial charge in [0.2, 0.25) is 0 Å². The summed E-state index contributed by atoms with van der Waals surface area (Å²) < 4.78 is 5.82. The Hall–Kier alpha value is -1.59. The second kappa shape index (κ2) is 8.49. The Balaban J connectivity index is 0.00000208. The lowest BCUT2D eigenvalue weighted by atomic mass is 10.1. The molecular weight excluding hydrogens is 347 g/mol. The number of hydrogen-bond acceptors (Lipinski definition) is 3. The molecule has 1 saturated heterocycles. The van der Waals surface area contributed by atoms with Gasteiger partial charge in [0.1, 0.15) is 0 Å². The van der Waals surface area contributed by atoms with Crippen LogP contribution < -0.4 is 10.6 Å². The summed E-state index contributed by atoms with van der Waals surface area (Å²) in [6.45, 7) is 3.61. The van der Waals surface area contributed by atoms with E-state index in [4.69, 9.17) is 16.3 Å². The van der Waals surface area contributed by atoms with Gasteiger partial charge in [0.15, 0.2) is 0 Å². The Morgan fingerprint density at radius 3 is 2.62 bits per heavy atom. The minimum atomic E-state index is -0.176. The summed E-state index contributed by atoms with van der Waals surface area (Å²) in [5, 5.41) is 6.81. The summed E-state index contributed by atoms with van der Waals surface area (Å²) >= 11 is 5.91. The highest BCUT2D eigenvalue weighted by atomic mass is 35.5. The van der Waals surface area contributed by atoms with Crippen molar-refractivity contribution in [3.8, 4) is 0 Å². The second-order valence-electron chi connectivity index (χ2n) is 5.72. The molecule has 1 aliphatic heterocycles. The van der Waals surface area contributed by atoms with Crippen molar-refractivity contribution < 1.29 is 9.53 Å². The molecule has 0 radical (unpaired) electrons. The molecule has 2 aromatic rings. The minimum absolute atomic E-state index is 0. The maximum Gasteiger partial charge on any atom is 0.255 e.